The van der Waals surface area contributed by atoms with Crippen molar-refractivity contribution >= 4 is 33.2 Å². The Morgan fingerprint density at radius 3 is 2.78 bits per heavy atom. The lowest BCUT2D eigenvalue weighted by atomic mass is 9.68. The lowest BCUT2D eigenvalue weighted by Crippen LogP contribution is -2.49. The fraction of sp³-hybridized carbons (Fsp3) is 0.469. The fourth-order valence-electron chi connectivity index (χ4n) is 6.62. The Bertz CT molecular complexity index is 1440. The number of sulfonamides is 1. The Kier molecular flexibility index (Phi) is 8.56. The van der Waals surface area contributed by atoms with Crippen LogP contribution in [0.5, 0.6) is 5.75 Å². The average Bonchev–Trinajstić information content (AvgIpc) is 3.07. The summed E-state index contributed by atoms with van der Waals surface area (Å²) in [6.45, 7) is 10.6. The second-order valence-corrected chi connectivity index (χ2v) is 14.3. The molecule has 41 heavy (non-hydrogen) atoms. The Hall–Kier alpha value is -2.81. The standard InChI is InChI=1S/C32H39ClN2O5S/c1-4-7-29(36)26-12-9-24(26)18-35-19-32(15-6-8-22-16-25(33)11-13-27(22)32)20-40-30-14-10-23(17-28(30)35)31(37)34-41(38,39)21(3)5-2/h4-5,10-11,13-14,16-17,21,24,26,29,36H,1-2,6-9,12,15,18-20H2,3H3,(H,34,37)/t21-,24+,26-,29+,32?/m1/s1. The van der Waals surface area contributed by atoms with Gasteiger partial charge in [-0.15, -0.1) is 13.2 Å². The number of carbonyl (C=O) groups is 1. The van der Waals surface area contributed by atoms with E-state index in [9.17, 15) is 18.3 Å². The molecular formula is C32H39ClN2O5S. The number of aliphatic hydroxyl groups is 1. The molecule has 0 radical (unpaired) electrons. The first-order chi connectivity index (χ1) is 19.6. The molecule has 9 heteroatoms. The van der Waals surface area contributed by atoms with Crippen molar-refractivity contribution in [2.45, 2.75) is 62.2 Å². The predicted molar refractivity (Wildman–Crippen MR) is 163 cm³/mol. The molecule has 1 saturated carbocycles. The SMILES string of the molecule is C=CC[C@H](O)[C@@H]1CC[C@H]1CN1CC2(CCCc3cc(Cl)ccc32)COc2ccc(C(=O)NS(=O)(=O)[C@H](C)C=C)cc21. The third-order valence-electron chi connectivity index (χ3n) is 9.19. The predicted octanol–water partition coefficient (Wildman–Crippen LogP) is 5.41. The third kappa shape index (κ3) is 5.92. The molecule has 0 aromatic heterocycles. The van der Waals surface area contributed by atoms with Crippen molar-refractivity contribution in [3.05, 3.63) is 83.4 Å². The molecule has 1 amide bonds. The molecule has 5 atom stereocenters. The molecule has 1 heterocycles. The van der Waals surface area contributed by atoms with Crippen LogP contribution in [-0.4, -0.2) is 50.5 Å². The lowest BCUT2D eigenvalue weighted by molar-refractivity contribution is 0.0178. The van der Waals surface area contributed by atoms with Crippen LogP contribution in [0.2, 0.25) is 5.02 Å². The molecule has 1 spiro atoms. The molecule has 2 N–H and O–H groups in total. The molecule has 3 aliphatic rings. The molecule has 2 aliphatic carbocycles. The number of nitrogens with one attached hydrogen (secondary N) is 1. The molecule has 1 unspecified atom stereocenters. The summed E-state index contributed by atoms with van der Waals surface area (Å²) in [5.41, 5.74) is 3.20. The van der Waals surface area contributed by atoms with Gasteiger partial charge in [0.1, 0.15) is 5.75 Å². The molecule has 0 bridgehead atoms. The number of anilines is 1. The average molecular weight is 599 g/mol. The van der Waals surface area contributed by atoms with E-state index in [0.29, 0.717) is 31.9 Å². The van der Waals surface area contributed by atoms with E-state index in [4.69, 9.17) is 16.3 Å². The van der Waals surface area contributed by atoms with Crippen LogP contribution in [0, 0.1) is 11.8 Å². The largest absolute Gasteiger partial charge is 0.490 e. The van der Waals surface area contributed by atoms with Gasteiger partial charge in [0.25, 0.3) is 5.91 Å². The smallest absolute Gasteiger partial charge is 0.264 e. The molecule has 7 nitrogen and oxygen atoms in total. The van der Waals surface area contributed by atoms with E-state index in [1.807, 2.05) is 6.07 Å². The number of aryl methyl sites for hydroxylation is 1. The number of aliphatic hydroxyl groups excluding tert-OH is 1. The van der Waals surface area contributed by atoms with Crippen molar-refractivity contribution in [2.75, 3.05) is 24.6 Å². The maximum Gasteiger partial charge on any atom is 0.264 e. The van der Waals surface area contributed by atoms with Crippen LogP contribution in [-0.2, 0) is 21.9 Å². The van der Waals surface area contributed by atoms with Crippen LogP contribution in [0.15, 0.2) is 61.7 Å². The topological polar surface area (TPSA) is 95.9 Å². The summed E-state index contributed by atoms with van der Waals surface area (Å²) < 4.78 is 33.8. The summed E-state index contributed by atoms with van der Waals surface area (Å²) in [4.78, 5) is 15.4. The third-order valence-corrected chi connectivity index (χ3v) is 11.1. The first-order valence-electron chi connectivity index (χ1n) is 14.3. The highest BCUT2D eigenvalue weighted by Gasteiger charge is 2.44. The van der Waals surface area contributed by atoms with E-state index >= 15 is 0 Å². The summed E-state index contributed by atoms with van der Waals surface area (Å²) >= 11 is 6.37. The van der Waals surface area contributed by atoms with E-state index < -0.39 is 27.3 Å². The van der Waals surface area contributed by atoms with E-state index in [2.05, 4.69) is 34.9 Å². The van der Waals surface area contributed by atoms with Crippen LogP contribution >= 0.6 is 11.6 Å². The fourth-order valence-corrected chi connectivity index (χ4v) is 7.63. The van der Waals surface area contributed by atoms with E-state index in [-0.39, 0.29) is 22.8 Å². The molecule has 2 aromatic carbocycles. The van der Waals surface area contributed by atoms with Gasteiger partial charge in [-0.2, -0.15) is 0 Å². The minimum Gasteiger partial charge on any atom is -0.490 e. The van der Waals surface area contributed by atoms with Gasteiger partial charge in [-0.05, 0) is 98.7 Å². The molecule has 0 saturated heterocycles. The Morgan fingerprint density at radius 1 is 1.27 bits per heavy atom. The number of amides is 1. The van der Waals surface area contributed by atoms with Crippen LogP contribution in [0.3, 0.4) is 0 Å². The van der Waals surface area contributed by atoms with Crippen LogP contribution < -0.4 is 14.4 Å². The molecule has 5 rings (SSSR count). The Balaban J connectivity index is 1.51. The van der Waals surface area contributed by atoms with E-state index in [0.717, 1.165) is 42.8 Å². The van der Waals surface area contributed by atoms with Gasteiger partial charge in [-0.1, -0.05) is 29.8 Å². The van der Waals surface area contributed by atoms with Crippen molar-refractivity contribution in [2.24, 2.45) is 11.8 Å². The Labute approximate surface area is 248 Å². The second-order valence-electron chi connectivity index (χ2n) is 11.8. The van der Waals surface area contributed by atoms with Gasteiger partial charge < -0.3 is 14.7 Å². The molecular weight excluding hydrogens is 560 g/mol. The number of nitrogens with zero attached hydrogens (tertiary/aromatic N) is 1. The molecule has 220 valence electrons. The highest BCUT2D eigenvalue weighted by atomic mass is 35.5. The lowest BCUT2D eigenvalue weighted by Gasteiger charge is -2.45. The van der Waals surface area contributed by atoms with Gasteiger partial charge >= 0.3 is 0 Å². The molecule has 1 fully saturated rings. The van der Waals surface area contributed by atoms with Crippen molar-refractivity contribution in [1.82, 2.24) is 4.72 Å². The van der Waals surface area contributed by atoms with Crippen molar-refractivity contribution in [3.63, 3.8) is 0 Å². The number of halogens is 1. The second kappa shape index (κ2) is 11.8. The zero-order valence-corrected chi connectivity index (χ0v) is 25.1. The Morgan fingerprint density at radius 2 is 2.07 bits per heavy atom. The number of ether oxygens (including phenoxy) is 1. The quantitative estimate of drug-likeness (QED) is 0.375. The normalized spacial score (nSPS) is 25.0. The highest BCUT2D eigenvalue weighted by Crippen LogP contribution is 2.46. The maximum atomic E-state index is 13.1. The van der Waals surface area contributed by atoms with Crippen LogP contribution in [0.25, 0.3) is 0 Å². The summed E-state index contributed by atoms with van der Waals surface area (Å²) in [7, 11) is -3.90. The number of hydrogen-bond donors (Lipinski definition) is 2. The maximum absolute atomic E-state index is 13.1. The minimum atomic E-state index is -3.90. The zero-order chi connectivity index (χ0) is 29.4. The van der Waals surface area contributed by atoms with Crippen LogP contribution in [0.4, 0.5) is 5.69 Å². The van der Waals surface area contributed by atoms with Gasteiger partial charge in [0.15, 0.2) is 0 Å². The van der Waals surface area contributed by atoms with Gasteiger partial charge in [0.2, 0.25) is 10.0 Å². The van der Waals surface area contributed by atoms with Crippen molar-refractivity contribution in [1.29, 1.82) is 0 Å². The molecule has 2 aromatic rings. The summed E-state index contributed by atoms with van der Waals surface area (Å²) in [6, 6.07) is 11.2. The first kappa shape index (κ1) is 29.7. The van der Waals surface area contributed by atoms with Crippen molar-refractivity contribution < 1.29 is 23.1 Å². The first-order valence-corrected chi connectivity index (χ1v) is 16.3. The zero-order valence-electron chi connectivity index (χ0n) is 23.5. The number of fused-ring (bicyclic) bond motifs is 3. The van der Waals surface area contributed by atoms with E-state index in [1.54, 1.807) is 24.3 Å². The van der Waals surface area contributed by atoms with E-state index in [1.165, 1.54) is 24.1 Å². The summed E-state index contributed by atoms with van der Waals surface area (Å²) in [6.07, 6.45) is 8.06. The van der Waals surface area contributed by atoms with Gasteiger partial charge in [-0.25, -0.2) is 13.1 Å². The van der Waals surface area contributed by atoms with Gasteiger partial charge in [0, 0.05) is 29.1 Å². The molecule has 1 aliphatic heterocycles. The number of rotatable bonds is 9. The van der Waals surface area contributed by atoms with Gasteiger partial charge in [0.05, 0.1) is 23.6 Å². The van der Waals surface area contributed by atoms with Gasteiger partial charge in [-0.3, -0.25) is 4.79 Å². The highest BCUT2D eigenvalue weighted by molar-refractivity contribution is 7.90. The van der Waals surface area contributed by atoms with Crippen molar-refractivity contribution in [3.8, 4) is 5.75 Å². The number of carbonyl (C=O) groups excluding carboxylic acids is 1. The van der Waals surface area contributed by atoms with Crippen LogP contribution in [0.1, 0.15) is 60.5 Å². The summed E-state index contributed by atoms with van der Waals surface area (Å²) in [5, 5.41) is 10.6. The summed E-state index contributed by atoms with van der Waals surface area (Å²) in [5.74, 6) is 0.406. The number of hydrogen-bond acceptors (Lipinski definition) is 6. The minimum absolute atomic E-state index is 0.172. The monoisotopic (exact) mass is 598 g/mol. The number of benzene rings is 2.